The highest BCUT2D eigenvalue weighted by molar-refractivity contribution is 8.00. The molecule has 216 valence electrons. The zero-order valence-electron chi connectivity index (χ0n) is 22.6. The van der Waals surface area contributed by atoms with Crippen molar-refractivity contribution in [3.8, 4) is 0 Å². The summed E-state index contributed by atoms with van der Waals surface area (Å²) < 4.78 is 1.00. The molecule has 1 heterocycles. The van der Waals surface area contributed by atoms with Crippen LogP contribution >= 0.6 is 46.3 Å². The number of amides is 3. The van der Waals surface area contributed by atoms with Gasteiger partial charge in [-0.1, -0.05) is 70.9 Å². The molecule has 5 aromatic rings. The first kappa shape index (κ1) is 30.3. The number of hydrogen-bond donors (Lipinski definition) is 3. The minimum Gasteiger partial charge on any atom is -0.321 e. The number of fused-ring (bicyclic) bond motifs is 1. The Labute approximate surface area is 266 Å². The van der Waals surface area contributed by atoms with E-state index in [1.54, 1.807) is 60.7 Å². The van der Waals surface area contributed by atoms with Gasteiger partial charge < -0.3 is 16.0 Å². The molecule has 4 aromatic carbocycles. The van der Waals surface area contributed by atoms with Crippen LogP contribution in [0.3, 0.4) is 0 Å². The third-order valence-electron chi connectivity index (χ3n) is 6.11. The molecule has 0 fully saturated rings. The van der Waals surface area contributed by atoms with E-state index in [2.05, 4.69) is 20.9 Å². The predicted molar refractivity (Wildman–Crippen MR) is 177 cm³/mol. The summed E-state index contributed by atoms with van der Waals surface area (Å²) in [6.07, 6.45) is 1.49. The fourth-order valence-electron chi connectivity index (χ4n) is 3.92. The van der Waals surface area contributed by atoms with Gasteiger partial charge >= 0.3 is 0 Å². The highest BCUT2D eigenvalue weighted by atomic mass is 35.5. The van der Waals surface area contributed by atoms with Crippen LogP contribution in [-0.2, 0) is 9.59 Å². The molecule has 1 atom stereocenters. The van der Waals surface area contributed by atoms with Crippen molar-refractivity contribution in [3.05, 3.63) is 124 Å². The minimum atomic E-state index is -0.542. The van der Waals surface area contributed by atoms with E-state index in [4.69, 9.17) is 23.2 Å². The molecule has 3 N–H and O–H groups in total. The summed E-state index contributed by atoms with van der Waals surface area (Å²) in [6.45, 7) is 1.82. The first-order chi connectivity index (χ1) is 20.7. The van der Waals surface area contributed by atoms with E-state index in [-0.39, 0.29) is 16.9 Å². The largest absolute Gasteiger partial charge is 0.321 e. The van der Waals surface area contributed by atoms with Gasteiger partial charge in [0.25, 0.3) is 11.8 Å². The van der Waals surface area contributed by atoms with E-state index >= 15 is 0 Å². The lowest BCUT2D eigenvalue weighted by atomic mass is 10.1. The van der Waals surface area contributed by atoms with E-state index in [1.165, 1.54) is 29.2 Å². The van der Waals surface area contributed by atoms with Gasteiger partial charge in [-0.3, -0.25) is 14.4 Å². The Morgan fingerprint density at radius 3 is 2.33 bits per heavy atom. The number of para-hydroxylation sites is 1. The summed E-state index contributed by atoms with van der Waals surface area (Å²) in [5.74, 6) is -1.15. The number of hydrogen-bond acceptors (Lipinski definition) is 6. The number of nitrogens with one attached hydrogen (secondary N) is 3. The van der Waals surface area contributed by atoms with E-state index in [0.717, 1.165) is 15.1 Å². The molecule has 0 aliphatic carbocycles. The van der Waals surface area contributed by atoms with E-state index in [0.29, 0.717) is 32.0 Å². The number of halogens is 2. The van der Waals surface area contributed by atoms with Crippen molar-refractivity contribution >= 4 is 91.1 Å². The maximum Gasteiger partial charge on any atom is 0.272 e. The van der Waals surface area contributed by atoms with Crippen LogP contribution in [0.4, 0.5) is 10.8 Å². The number of nitrogens with zero attached hydrogens (tertiary/aromatic N) is 1. The number of carbonyl (C=O) groups is 3. The van der Waals surface area contributed by atoms with Crippen molar-refractivity contribution in [2.24, 2.45) is 0 Å². The number of carbonyl (C=O) groups excluding carboxylic acids is 3. The average Bonchev–Trinajstić information content (AvgIpc) is 3.41. The molecule has 3 amide bonds. The second kappa shape index (κ2) is 13.9. The second-order valence-electron chi connectivity index (χ2n) is 9.26. The lowest BCUT2D eigenvalue weighted by molar-refractivity contribution is -0.115. The van der Waals surface area contributed by atoms with Crippen LogP contribution in [0, 0.1) is 0 Å². The molecule has 0 radical (unpaired) electrons. The molecule has 0 aliphatic rings. The van der Waals surface area contributed by atoms with Gasteiger partial charge in [-0.15, -0.1) is 11.8 Å². The third kappa shape index (κ3) is 8.03. The van der Waals surface area contributed by atoms with Gasteiger partial charge in [0.1, 0.15) is 5.70 Å². The van der Waals surface area contributed by atoms with Crippen LogP contribution in [0.25, 0.3) is 16.3 Å². The molecule has 0 aliphatic heterocycles. The Hall–Kier alpha value is -4.15. The van der Waals surface area contributed by atoms with Gasteiger partial charge in [0.15, 0.2) is 5.13 Å². The highest BCUT2D eigenvalue weighted by Crippen LogP contribution is 2.29. The van der Waals surface area contributed by atoms with Crippen LogP contribution in [0.5, 0.6) is 0 Å². The molecule has 0 saturated carbocycles. The van der Waals surface area contributed by atoms with Crippen LogP contribution in [0.2, 0.25) is 10.0 Å². The van der Waals surface area contributed by atoms with E-state index < -0.39 is 11.8 Å². The van der Waals surface area contributed by atoms with Crippen molar-refractivity contribution in [2.75, 3.05) is 10.6 Å². The zero-order chi connectivity index (χ0) is 30.3. The molecule has 1 aromatic heterocycles. The summed E-state index contributed by atoms with van der Waals surface area (Å²) >= 11 is 15.2. The number of anilines is 2. The quantitative estimate of drug-likeness (QED) is 0.111. The van der Waals surface area contributed by atoms with Crippen LogP contribution in [0.15, 0.2) is 108 Å². The maximum absolute atomic E-state index is 13.3. The molecule has 5 rings (SSSR count). The number of rotatable bonds is 9. The Kier molecular flexibility index (Phi) is 9.79. The molecule has 0 bridgehead atoms. The Bertz CT molecular complexity index is 1790. The first-order valence-corrected chi connectivity index (χ1v) is 15.5. The van der Waals surface area contributed by atoms with Crippen LogP contribution in [0.1, 0.15) is 22.8 Å². The number of thiazole rings is 1. The smallest absolute Gasteiger partial charge is 0.272 e. The molecule has 0 saturated heterocycles. The molecule has 11 heteroatoms. The minimum absolute atomic E-state index is 0.00309. The molecule has 7 nitrogen and oxygen atoms in total. The number of aromatic nitrogens is 1. The van der Waals surface area contributed by atoms with E-state index in [9.17, 15) is 14.4 Å². The summed E-state index contributed by atoms with van der Waals surface area (Å²) in [5, 5.41) is 9.33. The lowest BCUT2D eigenvalue weighted by Crippen LogP contribution is -2.30. The van der Waals surface area contributed by atoms with Crippen molar-refractivity contribution in [1.82, 2.24) is 10.3 Å². The summed E-state index contributed by atoms with van der Waals surface area (Å²) in [7, 11) is 0. The Morgan fingerprint density at radius 1 is 0.884 bits per heavy atom. The number of benzene rings is 4. The van der Waals surface area contributed by atoms with Crippen molar-refractivity contribution < 1.29 is 14.4 Å². The predicted octanol–water partition coefficient (Wildman–Crippen LogP) is 8.13. The van der Waals surface area contributed by atoms with Gasteiger partial charge in [-0.2, -0.15) is 0 Å². The SMILES string of the molecule is CC(Sc1ccc(NC(=O)/C(=C/c2ccc(Cl)cc2Cl)NC(=O)c2ccccc2)cc1)C(=O)Nc1nc2ccccc2s1. The van der Waals surface area contributed by atoms with Gasteiger partial charge in [0.05, 0.1) is 15.5 Å². The molecule has 43 heavy (non-hydrogen) atoms. The Balaban J connectivity index is 1.25. The van der Waals surface area contributed by atoms with Gasteiger partial charge in [-0.05, 0) is 79.2 Å². The summed E-state index contributed by atoms with van der Waals surface area (Å²) in [6, 6.07) is 28.2. The summed E-state index contributed by atoms with van der Waals surface area (Å²) in [4.78, 5) is 44.3. The Morgan fingerprint density at radius 2 is 1.60 bits per heavy atom. The van der Waals surface area contributed by atoms with Gasteiger partial charge in [0, 0.05) is 26.2 Å². The second-order valence-corrected chi connectivity index (χ2v) is 12.5. The lowest BCUT2D eigenvalue weighted by Gasteiger charge is -2.13. The summed E-state index contributed by atoms with van der Waals surface area (Å²) in [5.41, 5.74) is 2.25. The van der Waals surface area contributed by atoms with Crippen LogP contribution in [-0.4, -0.2) is 28.0 Å². The normalized spacial score (nSPS) is 12.0. The van der Waals surface area contributed by atoms with Crippen molar-refractivity contribution in [3.63, 3.8) is 0 Å². The topological polar surface area (TPSA) is 100 Å². The van der Waals surface area contributed by atoms with E-state index in [1.807, 2.05) is 43.3 Å². The maximum atomic E-state index is 13.3. The zero-order valence-corrected chi connectivity index (χ0v) is 25.8. The van der Waals surface area contributed by atoms with Crippen molar-refractivity contribution in [1.29, 1.82) is 0 Å². The first-order valence-electron chi connectivity index (χ1n) is 13.0. The molecular weight excluding hydrogens is 623 g/mol. The van der Waals surface area contributed by atoms with Crippen molar-refractivity contribution in [2.45, 2.75) is 17.1 Å². The van der Waals surface area contributed by atoms with Gasteiger partial charge in [0.2, 0.25) is 5.91 Å². The molecule has 0 spiro atoms. The fraction of sp³-hybridized carbons (Fsp3) is 0.0625. The fourth-order valence-corrected chi connectivity index (χ4v) is 6.12. The standard InChI is InChI=1S/C32H24Cl2N4O3S2/c1-19(29(39)38-32-37-26-9-5-6-10-28(26)43-32)42-24-15-13-23(14-16-24)35-31(41)27(17-21-11-12-22(33)18-25(21)34)36-30(40)20-7-3-2-4-8-20/h2-19H,1H3,(H,35,41)(H,36,40)(H,37,38,39)/b27-17-. The van der Waals surface area contributed by atoms with Gasteiger partial charge in [-0.25, -0.2) is 4.98 Å². The average molecular weight is 648 g/mol. The molecular formula is C32H24Cl2N4O3S2. The van der Waals surface area contributed by atoms with Crippen LogP contribution < -0.4 is 16.0 Å². The highest BCUT2D eigenvalue weighted by Gasteiger charge is 2.18. The number of thioether (sulfide) groups is 1. The molecule has 1 unspecified atom stereocenters. The third-order valence-corrected chi connectivity index (χ3v) is 8.74. The monoisotopic (exact) mass is 646 g/mol.